The van der Waals surface area contributed by atoms with E-state index in [0.717, 1.165) is 17.8 Å². The zero-order valence-corrected chi connectivity index (χ0v) is 11.7. The molecule has 0 spiro atoms. The first-order chi connectivity index (χ1) is 8.47. The Morgan fingerprint density at radius 1 is 1.39 bits per heavy atom. The molecule has 98 valence electrons. The lowest BCUT2D eigenvalue weighted by molar-refractivity contribution is -0.126. The van der Waals surface area contributed by atoms with Crippen molar-refractivity contribution in [2.75, 3.05) is 16.8 Å². The van der Waals surface area contributed by atoms with Crippen molar-refractivity contribution in [1.29, 1.82) is 0 Å². The molecule has 1 atom stereocenters. The maximum atomic E-state index is 12.7. The molecular formula is C15H22N2O. The molecule has 1 heterocycles. The van der Waals surface area contributed by atoms with E-state index in [1.54, 1.807) is 0 Å². The molecule has 0 aliphatic carbocycles. The minimum Gasteiger partial charge on any atom is -0.382 e. The average Bonchev–Trinajstić information content (AvgIpc) is 2.46. The fourth-order valence-corrected chi connectivity index (χ4v) is 2.28. The molecule has 0 radical (unpaired) electrons. The summed E-state index contributed by atoms with van der Waals surface area (Å²) >= 11 is 0. The van der Waals surface area contributed by atoms with Gasteiger partial charge in [0.25, 0.3) is 0 Å². The summed E-state index contributed by atoms with van der Waals surface area (Å²) in [4.78, 5) is 14.7. The molecule has 1 aromatic carbocycles. The minimum absolute atomic E-state index is 0.203. The van der Waals surface area contributed by atoms with Gasteiger partial charge in [0.05, 0.1) is 16.8 Å². The number of rotatable bonds is 2. The average molecular weight is 246 g/mol. The molecule has 1 aliphatic heterocycles. The fourth-order valence-electron chi connectivity index (χ4n) is 2.28. The molecule has 2 rings (SSSR count). The van der Waals surface area contributed by atoms with Gasteiger partial charge in [0.1, 0.15) is 0 Å². The molecule has 3 nitrogen and oxygen atoms in total. The van der Waals surface area contributed by atoms with E-state index < -0.39 is 0 Å². The topological polar surface area (TPSA) is 32.3 Å². The summed E-state index contributed by atoms with van der Waals surface area (Å²) in [6.07, 6.45) is 0.955. The van der Waals surface area contributed by atoms with E-state index in [0.29, 0.717) is 6.54 Å². The third-order valence-electron chi connectivity index (χ3n) is 3.71. The van der Waals surface area contributed by atoms with Crippen LogP contribution in [-0.4, -0.2) is 18.5 Å². The van der Waals surface area contributed by atoms with Gasteiger partial charge in [0.15, 0.2) is 0 Å². The third kappa shape index (κ3) is 2.09. The van der Waals surface area contributed by atoms with Crippen LogP contribution in [0.2, 0.25) is 0 Å². The highest BCUT2D eigenvalue weighted by atomic mass is 16.2. The van der Waals surface area contributed by atoms with E-state index in [1.807, 2.05) is 43.0 Å². The summed E-state index contributed by atoms with van der Waals surface area (Å²) in [5, 5.41) is 3.39. The number of amides is 1. The van der Waals surface area contributed by atoms with Crippen LogP contribution in [-0.2, 0) is 4.79 Å². The van der Waals surface area contributed by atoms with Crippen molar-refractivity contribution < 1.29 is 4.79 Å². The monoisotopic (exact) mass is 246 g/mol. The van der Waals surface area contributed by atoms with Crippen LogP contribution in [0.5, 0.6) is 0 Å². The Kier molecular flexibility index (Phi) is 3.33. The van der Waals surface area contributed by atoms with Gasteiger partial charge < -0.3 is 10.2 Å². The van der Waals surface area contributed by atoms with Crippen LogP contribution in [0.25, 0.3) is 0 Å². The Balaban J connectivity index is 2.52. The third-order valence-corrected chi connectivity index (χ3v) is 3.71. The molecule has 3 heteroatoms. The number of hydrogen-bond donors (Lipinski definition) is 1. The number of nitrogens with one attached hydrogen (secondary N) is 1. The highest BCUT2D eigenvalue weighted by Crippen LogP contribution is 2.35. The van der Waals surface area contributed by atoms with Crippen LogP contribution in [0.15, 0.2) is 24.3 Å². The van der Waals surface area contributed by atoms with Crippen LogP contribution < -0.4 is 10.2 Å². The molecule has 1 amide bonds. The lowest BCUT2D eigenvalue weighted by atomic mass is 9.91. The number of para-hydroxylation sites is 2. The minimum atomic E-state index is -0.373. The van der Waals surface area contributed by atoms with Gasteiger partial charge >= 0.3 is 0 Å². The normalized spacial score (nSPS) is 19.8. The molecule has 1 unspecified atom stereocenters. The SMILES string of the molecule is CCC(C)N1C(=O)C(C)(C)CNc2ccccc21. The molecule has 0 fully saturated rings. The first-order valence-corrected chi connectivity index (χ1v) is 6.64. The smallest absolute Gasteiger partial charge is 0.234 e. The second kappa shape index (κ2) is 4.63. The summed E-state index contributed by atoms with van der Waals surface area (Å²) in [5.41, 5.74) is 1.68. The highest BCUT2D eigenvalue weighted by Gasteiger charge is 2.37. The van der Waals surface area contributed by atoms with Crippen molar-refractivity contribution in [3.8, 4) is 0 Å². The number of carbonyl (C=O) groups is 1. The molecule has 18 heavy (non-hydrogen) atoms. The van der Waals surface area contributed by atoms with Crippen molar-refractivity contribution >= 4 is 17.3 Å². The van der Waals surface area contributed by atoms with Gasteiger partial charge in [0.2, 0.25) is 5.91 Å². The Morgan fingerprint density at radius 3 is 2.72 bits per heavy atom. The number of nitrogens with zero attached hydrogens (tertiary/aromatic N) is 1. The summed E-state index contributed by atoms with van der Waals surface area (Å²) in [6.45, 7) is 8.91. The van der Waals surface area contributed by atoms with Crippen LogP contribution in [0, 0.1) is 5.41 Å². The molecule has 1 aromatic rings. The van der Waals surface area contributed by atoms with Crippen LogP contribution in [0.1, 0.15) is 34.1 Å². The zero-order chi connectivity index (χ0) is 13.3. The van der Waals surface area contributed by atoms with Crippen molar-refractivity contribution in [1.82, 2.24) is 0 Å². The first kappa shape index (κ1) is 12.9. The number of anilines is 2. The predicted molar refractivity (Wildman–Crippen MR) is 76.0 cm³/mol. The summed E-state index contributed by atoms with van der Waals surface area (Å²) in [6, 6.07) is 8.27. The van der Waals surface area contributed by atoms with Crippen LogP contribution in [0.4, 0.5) is 11.4 Å². The predicted octanol–water partition coefficient (Wildman–Crippen LogP) is 3.27. The Morgan fingerprint density at radius 2 is 2.06 bits per heavy atom. The van der Waals surface area contributed by atoms with Crippen LogP contribution >= 0.6 is 0 Å². The van der Waals surface area contributed by atoms with E-state index in [2.05, 4.69) is 19.2 Å². The molecule has 0 aromatic heterocycles. The van der Waals surface area contributed by atoms with E-state index >= 15 is 0 Å². The molecular weight excluding hydrogens is 224 g/mol. The van der Waals surface area contributed by atoms with Gasteiger partial charge in [-0.25, -0.2) is 0 Å². The quantitative estimate of drug-likeness (QED) is 0.868. The van der Waals surface area contributed by atoms with Gasteiger partial charge in [-0.15, -0.1) is 0 Å². The molecule has 1 N–H and O–H groups in total. The van der Waals surface area contributed by atoms with Crippen LogP contribution in [0.3, 0.4) is 0 Å². The van der Waals surface area contributed by atoms with Gasteiger partial charge in [-0.1, -0.05) is 19.1 Å². The second-order valence-electron chi connectivity index (χ2n) is 5.69. The summed E-state index contributed by atoms with van der Waals surface area (Å²) in [5.74, 6) is 0.203. The number of fused-ring (bicyclic) bond motifs is 1. The van der Waals surface area contributed by atoms with Gasteiger partial charge in [-0.05, 0) is 39.3 Å². The molecule has 0 saturated carbocycles. The Hall–Kier alpha value is -1.51. The highest BCUT2D eigenvalue weighted by molar-refractivity contribution is 6.02. The number of carbonyl (C=O) groups excluding carboxylic acids is 1. The maximum Gasteiger partial charge on any atom is 0.234 e. The van der Waals surface area contributed by atoms with E-state index in [-0.39, 0.29) is 17.4 Å². The number of hydrogen-bond acceptors (Lipinski definition) is 2. The first-order valence-electron chi connectivity index (χ1n) is 6.64. The molecule has 0 bridgehead atoms. The van der Waals surface area contributed by atoms with E-state index in [9.17, 15) is 4.79 Å². The Bertz CT molecular complexity index is 454. The van der Waals surface area contributed by atoms with E-state index in [4.69, 9.17) is 0 Å². The Labute approximate surface area is 109 Å². The van der Waals surface area contributed by atoms with Gasteiger partial charge in [-0.3, -0.25) is 4.79 Å². The second-order valence-corrected chi connectivity index (χ2v) is 5.69. The van der Waals surface area contributed by atoms with Crippen molar-refractivity contribution in [2.24, 2.45) is 5.41 Å². The fraction of sp³-hybridized carbons (Fsp3) is 0.533. The van der Waals surface area contributed by atoms with Crippen molar-refractivity contribution in [2.45, 2.75) is 40.2 Å². The molecule has 1 aliphatic rings. The molecule has 0 saturated heterocycles. The van der Waals surface area contributed by atoms with Crippen molar-refractivity contribution in [3.63, 3.8) is 0 Å². The maximum absolute atomic E-state index is 12.7. The summed E-state index contributed by atoms with van der Waals surface area (Å²) in [7, 11) is 0. The number of benzene rings is 1. The van der Waals surface area contributed by atoms with Gasteiger partial charge in [-0.2, -0.15) is 0 Å². The van der Waals surface area contributed by atoms with Crippen molar-refractivity contribution in [3.05, 3.63) is 24.3 Å². The van der Waals surface area contributed by atoms with Gasteiger partial charge in [0, 0.05) is 12.6 Å². The lowest BCUT2D eigenvalue weighted by Crippen LogP contribution is -2.46. The van der Waals surface area contributed by atoms with E-state index in [1.165, 1.54) is 0 Å². The largest absolute Gasteiger partial charge is 0.382 e. The summed E-state index contributed by atoms with van der Waals surface area (Å²) < 4.78 is 0. The lowest BCUT2D eigenvalue weighted by Gasteiger charge is -2.33. The zero-order valence-electron chi connectivity index (χ0n) is 11.7. The standard InChI is InChI=1S/C15H22N2O/c1-5-11(2)17-13-9-7-6-8-12(13)16-10-15(3,4)14(17)18/h6-9,11,16H,5,10H2,1-4H3.